The van der Waals surface area contributed by atoms with Gasteiger partial charge in [-0.05, 0) is 20.8 Å². The molecule has 14 heavy (non-hydrogen) atoms. The van der Waals surface area contributed by atoms with Crippen molar-refractivity contribution in [2.75, 3.05) is 11.9 Å². The number of thiazole rings is 1. The highest BCUT2D eigenvalue weighted by molar-refractivity contribution is 7.13. The molecule has 0 aromatic carbocycles. The van der Waals surface area contributed by atoms with E-state index in [2.05, 4.69) is 4.98 Å². The molecule has 0 aliphatic rings. The normalized spacial score (nSPS) is 14.1. The number of aliphatic hydroxyl groups is 1. The molecule has 1 aromatic heterocycles. The fourth-order valence-corrected chi connectivity index (χ4v) is 1.79. The molecule has 2 N–H and O–H groups in total. The van der Waals surface area contributed by atoms with E-state index in [1.807, 2.05) is 18.9 Å². The van der Waals surface area contributed by atoms with Crippen molar-refractivity contribution in [2.24, 2.45) is 0 Å². The molecule has 1 atom stereocenters. The number of anilines is 1. The zero-order valence-electron chi connectivity index (χ0n) is 8.85. The first-order chi connectivity index (χ1) is 6.32. The van der Waals surface area contributed by atoms with Crippen LogP contribution in [-0.4, -0.2) is 33.9 Å². The van der Waals surface area contributed by atoms with Crippen molar-refractivity contribution in [1.29, 1.82) is 0 Å². The Morgan fingerprint density at radius 1 is 1.57 bits per heavy atom. The van der Waals surface area contributed by atoms with Crippen LogP contribution in [-0.2, 0) is 0 Å². The van der Waals surface area contributed by atoms with Gasteiger partial charge in [-0.25, -0.2) is 0 Å². The Labute approximate surface area is 87.8 Å². The molecule has 0 saturated carbocycles. The minimum absolute atomic E-state index is 0.0276. The van der Waals surface area contributed by atoms with Gasteiger partial charge in [-0.15, -0.1) is 11.3 Å². The van der Waals surface area contributed by atoms with Crippen molar-refractivity contribution in [1.82, 2.24) is 4.98 Å². The van der Waals surface area contributed by atoms with Crippen LogP contribution in [0.5, 0.6) is 5.88 Å². The molecule has 0 saturated heterocycles. The molecule has 0 fully saturated rings. The molecule has 1 heterocycles. The number of aromatic hydroxyl groups is 1. The summed E-state index contributed by atoms with van der Waals surface area (Å²) in [7, 11) is 1.85. The van der Waals surface area contributed by atoms with Gasteiger partial charge >= 0.3 is 0 Å². The van der Waals surface area contributed by atoms with E-state index in [-0.39, 0.29) is 11.9 Å². The van der Waals surface area contributed by atoms with Crippen LogP contribution < -0.4 is 4.90 Å². The fourth-order valence-electron chi connectivity index (χ4n) is 1.06. The molecule has 0 aliphatic carbocycles. The maximum Gasteiger partial charge on any atom is 0.223 e. The molecule has 0 spiro atoms. The van der Waals surface area contributed by atoms with Gasteiger partial charge in [-0.2, -0.15) is 4.98 Å². The quantitative estimate of drug-likeness (QED) is 0.803. The number of likely N-dealkylation sites (N-methyl/N-ethyl adjacent to an activating group) is 1. The molecule has 0 radical (unpaired) electrons. The first-order valence-electron chi connectivity index (χ1n) is 4.42. The van der Waals surface area contributed by atoms with Gasteiger partial charge in [0.05, 0.1) is 17.0 Å². The predicted octanol–water partition coefficient (Wildman–Crippen LogP) is 1.44. The van der Waals surface area contributed by atoms with Gasteiger partial charge in [-0.3, -0.25) is 0 Å². The Morgan fingerprint density at radius 3 is 2.50 bits per heavy atom. The maximum absolute atomic E-state index is 9.80. The van der Waals surface area contributed by atoms with Crippen molar-refractivity contribution in [3.8, 4) is 5.88 Å². The van der Waals surface area contributed by atoms with Gasteiger partial charge < -0.3 is 15.1 Å². The lowest BCUT2D eigenvalue weighted by Crippen LogP contribution is -2.45. The van der Waals surface area contributed by atoms with Crippen LogP contribution in [0.15, 0.2) is 5.38 Å². The lowest BCUT2D eigenvalue weighted by molar-refractivity contribution is 0.0565. The highest BCUT2D eigenvalue weighted by atomic mass is 32.1. The van der Waals surface area contributed by atoms with E-state index >= 15 is 0 Å². The van der Waals surface area contributed by atoms with E-state index in [4.69, 9.17) is 5.11 Å². The van der Waals surface area contributed by atoms with Gasteiger partial charge in [0.15, 0.2) is 5.13 Å². The molecule has 1 aromatic rings. The van der Waals surface area contributed by atoms with Crippen LogP contribution in [0.1, 0.15) is 20.8 Å². The highest BCUT2D eigenvalue weighted by Crippen LogP contribution is 2.27. The Kier molecular flexibility index (Phi) is 3.01. The molecule has 0 bridgehead atoms. The Bertz CT molecular complexity index is 306. The molecule has 1 unspecified atom stereocenters. The maximum atomic E-state index is 9.80. The number of aromatic nitrogens is 1. The second-order valence-electron chi connectivity index (χ2n) is 3.93. The van der Waals surface area contributed by atoms with Crippen molar-refractivity contribution >= 4 is 16.5 Å². The van der Waals surface area contributed by atoms with E-state index < -0.39 is 5.60 Å². The first-order valence-corrected chi connectivity index (χ1v) is 5.30. The summed E-state index contributed by atoms with van der Waals surface area (Å²) in [6, 6.07) is -0.0620. The molecular weight excluding hydrogens is 200 g/mol. The van der Waals surface area contributed by atoms with Crippen LogP contribution in [0.2, 0.25) is 0 Å². The summed E-state index contributed by atoms with van der Waals surface area (Å²) in [5.41, 5.74) is -0.796. The van der Waals surface area contributed by atoms with Crippen molar-refractivity contribution in [3.05, 3.63) is 5.38 Å². The van der Waals surface area contributed by atoms with E-state index in [0.29, 0.717) is 5.13 Å². The van der Waals surface area contributed by atoms with E-state index in [1.54, 1.807) is 19.2 Å². The van der Waals surface area contributed by atoms with Crippen LogP contribution in [0, 0.1) is 0 Å². The van der Waals surface area contributed by atoms with Crippen LogP contribution in [0.25, 0.3) is 0 Å². The summed E-state index contributed by atoms with van der Waals surface area (Å²) < 4.78 is 0. The Morgan fingerprint density at radius 2 is 2.14 bits per heavy atom. The topological polar surface area (TPSA) is 56.6 Å². The molecule has 4 nitrogen and oxygen atoms in total. The third-order valence-corrected chi connectivity index (χ3v) is 3.30. The highest BCUT2D eigenvalue weighted by Gasteiger charge is 2.27. The average molecular weight is 216 g/mol. The van der Waals surface area contributed by atoms with Gasteiger partial charge in [0.2, 0.25) is 5.88 Å². The Hall–Kier alpha value is -0.810. The third-order valence-electron chi connectivity index (χ3n) is 2.38. The molecule has 1 rings (SSSR count). The van der Waals surface area contributed by atoms with Gasteiger partial charge in [0.25, 0.3) is 0 Å². The number of nitrogens with zero attached hydrogens (tertiary/aromatic N) is 2. The van der Waals surface area contributed by atoms with Gasteiger partial charge in [-0.1, -0.05) is 0 Å². The molecule has 80 valence electrons. The second-order valence-corrected chi connectivity index (χ2v) is 4.77. The summed E-state index contributed by atoms with van der Waals surface area (Å²) in [6.07, 6.45) is 0. The summed E-state index contributed by atoms with van der Waals surface area (Å²) >= 11 is 1.36. The second kappa shape index (κ2) is 3.74. The molecule has 0 amide bonds. The number of rotatable bonds is 3. The lowest BCUT2D eigenvalue weighted by atomic mass is 10.0. The van der Waals surface area contributed by atoms with Crippen LogP contribution in [0.3, 0.4) is 0 Å². The van der Waals surface area contributed by atoms with Crippen molar-refractivity contribution in [2.45, 2.75) is 32.4 Å². The minimum atomic E-state index is -0.796. The van der Waals surface area contributed by atoms with Crippen LogP contribution in [0.4, 0.5) is 5.13 Å². The van der Waals surface area contributed by atoms with E-state index in [1.165, 1.54) is 11.3 Å². The van der Waals surface area contributed by atoms with E-state index in [9.17, 15) is 5.11 Å². The predicted molar refractivity (Wildman–Crippen MR) is 57.9 cm³/mol. The summed E-state index contributed by atoms with van der Waals surface area (Å²) in [6.45, 7) is 5.42. The SMILES string of the molecule is CC(N(C)c1nc(O)cs1)C(C)(C)O. The summed E-state index contributed by atoms with van der Waals surface area (Å²) in [5.74, 6) is 0.0276. The number of hydrogen-bond donors (Lipinski definition) is 2. The van der Waals surface area contributed by atoms with Gasteiger partial charge in [0, 0.05) is 7.05 Å². The van der Waals surface area contributed by atoms with Crippen LogP contribution >= 0.6 is 11.3 Å². The standard InChI is InChI=1S/C9H16N2O2S/c1-6(9(2,3)13)11(4)8-10-7(12)5-14-8/h5-6,12-13H,1-4H3. The zero-order valence-corrected chi connectivity index (χ0v) is 9.67. The minimum Gasteiger partial charge on any atom is -0.493 e. The molecular formula is C9H16N2O2S. The largest absolute Gasteiger partial charge is 0.493 e. The zero-order chi connectivity index (χ0) is 10.9. The third kappa shape index (κ3) is 2.36. The Balaban J connectivity index is 2.80. The first kappa shape index (κ1) is 11.3. The average Bonchev–Trinajstić information content (AvgIpc) is 2.47. The fraction of sp³-hybridized carbons (Fsp3) is 0.667. The van der Waals surface area contributed by atoms with E-state index in [0.717, 1.165) is 0 Å². The monoisotopic (exact) mass is 216 g/mol. The van der Waals surface area contributed by atoms with Crippen molar-refractivity contribution < 1.29 is 10.2 Å². The lowest BCUT2D eigenvalue weighted by Gasteiger charge is -2.33. The number of hydrogen-bond acceptors (Lipinski definition) is 5. The molecule has 5 heteroatoms. The summed E-state index contributed by atoms with van der Waals surface area (Å²) in [4.78, 5) is 5.79. The summed E-state index contributed by atoms with van der Waals surface area (Å²) in [5, 5.41) is 21.2. The molecule has 0 aliphatic heterocycles. The van der Waals surface area contributed by atoms with Crippen molar-refractivity contribution in [3.63, 3.8) is 0 Å². The van der Waals surface area contributed by atoms with Gasteiger partial charge in [0.1, 0.15) is 0 Å². The smallest absolute Gasteiger partial charge is 0.223 e.